The van der Waals surface area contributed by atoms with Crippen LogP contribution in [0, 0.1) is 0 Å². The third kappa shape index (κ3) is 3.13. The number of carboxylic acid groups (broad SMARTS) is 1. The van der Waals surface area contributed by atoms with Crippen LogP contribution in [0.15, 0.2) is 70.3 Å². The molecule has 1 heterocycles. The van der Waals surface area contributed by atoms with Crippen LogP contribution >= 0.6 is 0 Å². The highest BCUT2D eigenvalue weighted by molar-refractivity contribution is 5.98. The molecule has 0 spiro atoms. The van der Waals surface area contributed by atoms with Crippen molar-refractivity contribution in [1.29, 1.82) is 0 Å². The fourth-order valence-electron chi connectivity index (χ4n) is 3.34. The van der Waals surface area contributed by atoms with Gasteiger partial charge in [0.1, 0.15) is 12.2 Å². The van der Waals surface area contributed by atoms with E-state index < -0.39 is 12.1 Å². The molecule has 27 heavy (non-hydrogen) atoms. The first-order valence-corrected chi connectivity index (χ1v) is 8.35. The van der Waals surface area contributed by atoms with Crippen molar-refractivity contribution >= 4 is 18.3 Å². The van der Waals surface area contributed by atoms with Gasteiger partial charge in [0.15, 0.2) is 5.76 Å². The van der Waals surface area contributed by atoms with Gasteiger partial charge in [0.2, 0.25) is 0 Å². The Balaban J connectivity index is 1.49. The minimum atomic E-state index is -1.15. The molecule has 2 aromatic carbocycles. The number of aliphatic imine (C=N–C) groups is 1. The van der Waals surface area contributed by atoms with Gasteiger partial charge in [-0.3, -0.25) is 0 Å². The number of furan rings is 1. The summed E-state index contributed by atoms with van der Waals surface area (Å²) in [5, 5.41) is 9.01. The van der Waals surface area contributed by atoms with Gasteiger partial charge in [-0.1, -0.05) is 48.5 Å². The number of aromatic carboxylic acids is 1. The van der Waals surface area contributed by atoms with E-state index in [0.29, 0.717) is 0 Å². The molecule has 0 atom stereocenters. The van der Waals surface area contributed by atoms with Crippen molar-refractivity contribution in [2.45, 2.75) is 5.92 Å². The Labute approximate surface area is 154 Å². The van der Waals surface area contributed by atoms with Gasteiger partial charge < -0.3 is 14.3 Å². The molecule has 134 valence electrons. The Morgan fingerprint density at radius 1 is 1.04 bits per heavy atom. The normalized spacial score (nSPS) is 12.7. The molecule has 1 aliphatic carbocycles. The Kier molecular flexibility index (Phi) is 4.30. The predicted molar refractivity (Wildman–Crippen MR) is 98.3 cm³/mol. The van der Waals surface area contributed by atoms with E-state index in [1.165, 1.54) is 12.3 Å². The lowest BCUT2D eigenvalue weighted by Crippen LogP contribution is -2.10. The molecule has 6 heteroatoms. The minimum Gasteiger partial charge on any atom is -0.478 e. The molecule has 0 aliphatic heterocycles. The molecule has 0 radical (unpaired) electrons. The van der Waals surface area contributed by atoms with Gasteiger partial charge in [-0.25, -0.2) is 9.59 Å². The second kappa shape index (κ2) is 6.92. The average molecular weight is 361 g/mol. The number of hydrogen-bond donors (Lipinski definition) is 1. The number of fused-ring (bicyclic) bond motifs is 3. The molecule has 0 saturated heterocycles. The molecule has 4 rings (SSSR count). The third-order valence-electron chi connectivity index (χ3n) is 4.55. The zero-order chi connectivity index (χ0) is 18.8. The summed E-state index contributed by atoms with van der Waals surface area (Å²) in [6.07, 6.45) is 1.48. The van der Waals surface area contributed by atoms with E-state index in [1.54, 1.807) is 0 Å². The van der Waals surface area contributed by atoms with Crippen molar-refractivity contribution < 1.29 is 23.8 Å². The number of amides is 1. The highest BCUT2D eigenvalue weighted by atomic mass is 16.5. The van der Waals surface area contributed by atoms with Crippen LogP contribution in [0.3, 0.4) is 0 Å². The van der Waals surface area contributed by atoms with E-state index in [9.17, 15) is 9.59 Å². The van der Waals surface area contributed by atoms with Gasteiger partial charge in [0.05, 0.1) is 12.5 Å². The van der Waals surface area contributed by atoms with E-state index in [0.717, 1.165) is 28.5 Å². The van der Waals surface area contributed by atoms with E-state index in [-0.39, 0.29) is 23.8 Å². The summed E-state index contributed by atoms with van der Waals surface area (Å²) < 4.78 is 10.3. The van der Waals surface area contributed by atoms with Gasteiger partial charge >= 0.3 is 12.1 Å². The van der Waals surface area contributed by atoms with Crippen LogP contribution in [0.2, 0.25) is 0 Å². The fourth-order valence-corrected chi connectivity index (χ4v) is 3.34. The molecule has 6 nitrogen and oxygen atoms in total. The first-order chi connectivity index (χ1) is 13.1. The summed E-state index contributed by atoms with van der Waals surface area (Å²) >= 11 is 0. The average Bonchev–Trinajstić information content (AvgIpc) is 3.28. The number of rotatable bonds is 4. The quantitative estimate of drug-likeness (QED) is 0.698. The van der Waals surface area contributed by atoms with Crippen molar-refractivity contribution in [2.75, 3.05) is 6.61 Å². The van der Waals surface area contributed by atoms with Gasteiger partial charge in [-0.05, 0) is 28.3 Å². The number of nitrogens with zero attached hydrogens (tertiary/aromatic N) is 1. The molecular weight excluding hydrogens is 346 g/mol. The first kappa shape index (κ1) is 16.8. The molecule has 0 fully saturated rings. The lowest BCUT2D eigenvalue weighted by atomic mass is 9.98. The summed E-state index contributed by atoms with van der Waals surface area (Å²) in [6.45, 7) is 0.147. The Morgan fingerprint density at radius 2 is 1.67 bits per heavy atom. The molecule has 1 aromatic heterocycles. The van der Waals surface area contributed by atoms with E-state index >= 15 is 0 Å². The number of ether oxygens (including phenoxy) is 1. The van der Waals surface area contributed by atoms with Crippen LogP contribution in [0.25, 0.3) is 11.1 Å². The van der Waals surface area contributed by atoms with Gasteiger partial charge in [-0.15, -0.1) is 0 Å². The van der Waals surface area contributed by atoms with Crippen molar-refractivity contribution in [1.82, 2.24) is 0 Å². The smallest absolute Gasteiger partial charge is 0.433 e. The second-order valence-electron chi connectivity index (χ2n) is 6.07. The summed E-state index contributed by atoms with van der Waals surface area (Å²) in [6, 6.07) is 17.3. The number of benzene rings is 2. The number of carbonyl (C=O) groups is 2. The van der Waals surface area contributed by atoms with Crippen LogP contribution in [0.5, 0.6) is 0 Å². The maximum absolute atomic E-state index is 12.0. The van der Waals surface area contributed by atoms with Crippen molar-refractivity contribution in [3.63, 3.8) is 0 Å². The Hall–Kier alpha value is -3.67. The number of hydrogen-bond acceptors (Lipinski definition) is 4. The third-order valence-corrected chi connectivity index (χ3v) is 4.55. The molecule has 1 aliphatic rings. The van der Waals surface area contributed by atoms with Crippen LogP contribution in [-0.2, 0) is 4.74 Å². The molecule has 1 amide bonds. The first-order valence-electron chi connectivity index (χ1n) is 8.35. The van der Waals surface area contributed by atoms with Crippen LogP contribution in [0.1, 0.15) is 33.2 Å². The Bertz CT molecular complexity index is 1000. The summed E-state index contributed by atoms with van der Waals surface area (Å²) in [5.41, 5.74) is 4.42. The fraction of sp³-hybridized carbons (Fsp3) is 0.0952. The van der Waals surface area contributed by atoms with Gasteiger partial charge in [-0.2, -0.15) is 4.99 Å². The Morgan fingerprint density at radius 3 is 2.30 bits per heavy atom. The van der Waals surface area contributed by atoms with E-state index in [2.05, 4.69) is 17.1 Å². The van der Waals surface area contributed by atoms with Crippen molar-refractivity contribution in [3.05, 3.63) is 83.3 Å². The maximum Gasteiger partial charge on any atom is 0.433 e. The standard InChI is InChI=1S/C21H15NO5/c23-20(24)17-9-10-26-19(17)11-22-21(25)27-12-18-15-7-3-1-5-13(15)14-6-2-4-8-16(14)18/h1-11,18H,12H2,(H,23,24). The van der Waals surface area contributed by atoms with Crippen LogP contribution < -0.4 is 0 Å². The highest BCUT2D eigenvalue weighted by Gasteiger charge is 2.28. The SMILES string of the molecule is O=C(N=Cc1occc1C(=O)O)OCC1c2ccccc2-c2ccccc21. The van der Waals surface area contributed by atoms with Gasteiger partial charge in [0, 0.05) is 5.92 Å². The minimum absolute atomic E-state index is 0.00370. The van der Waals surface area contributed by atoms with Gasteiger partial charge in [0.25, 0.3) is 0 Å². The second-order valence-corrected chi connectivity index (χ2v) is 6.07. The lowest BCUT2D eigenvalue weighted by molar-refractivity contribution is 0.0695. The largest absolute Gasteiger partial charge is 0.478 e. The molecule has 0 unspecified atom stereocenters. The zero-order valence-corrected chi connectivity index (χ0v) is 14.2. The number of carbonyl (C=O) groups excluding carboxylic acids is 1. The molecule has 3 aromatic rings. The van der Waals surface area contributed by atoms with E-state index in [4.69, 9.17) is 14.3 Å². The predicted octanol–water partition coefficient (Wildman–Crippen LogP) is 4.35. The molecular formula is C21H15NO5. The summed E-state index contributed by atoms with van der Waals surface area (Å²) in [4.78, 5) is 26.7. The lowest BCUT2D eigenvalue weighted by Gasteiger charge is -2.12. The van der Waals surface area contributed by atoms with Crippen LogP contribution in [0.4, 0.5) is 4.79 Å². The molecule has 1 N–H and O–H groups in total. The maximum atomic E-state index is 12.0. The monoisotopic (exact) mass is 361 g/mol. The number of carboxylic acids is 1. The van der Waals surface area contributed by atoms with Crippen LogP contribution in [-0.4, -0.2) is 30.0 Å². The van der Waals surface area contributed by atoms with Crippen molar-refractivity contribution in [3.8, 4) is 11.1 Å². The zero-order valence-electron chi connectivity index (χ0n) is 14.2. The van der Waals surface area contributed by atoms with E-state index in [1.807, 2.05) is 36.4 Å². The topological polar surface area (TPSA) is 89.1 Å². The summed E-state index contributed by atoms with van der Waals surface area (Å²) in [7, 11) is 0. The molecule has 0 saturated carbocycles. The summed E-state index contributed by atoms with van der Waals surface area (Å²) in [5.74, 6) is -1.22. The van der Waals surface area contributed by atoms with Crippen molar-refractivity contribution in [2.24, 2.45) is 4.99 Å². The molecule has 0 bridgehead atoms. The highest BCUT2D eigenvalue weighted by Crippen LogP contribution is 2.44.